The molecule has 1 aromatic carbocycles. The summed E-state index contributed by atoms with van der Waals surface area (Å²) in [6.07, 6.45) is 1.87. The van der Waals surface area contributed by atoms with E-state index >= 15 is 0 Å². The lowest BCUT2D eigenvalue weighted by Crippen LogP contribution is -1.98. The van der Waals surface area contributed by atoms with Crippen molar-refractivity contribution in [1.82, 2.24) is 9.97 Å². The third kappa shape index (κ3) is 3.76. The summed E-state index contributed by atoms with van der Waals surface area (Å²) in [5.41, 5.74) is 2.85. The number of rotatable bonds is 3. The summed E-state index contributed by atoms with van der Waals surface area (Å²) in [6.45, 7) is 6.40. The highest BCUT2D eigenvalue weighted by Gasteiger charge is 2.04. The fraction of sp³-hybridized carbons (Fsp3) is 0.235. The molecule has 0 spiro atoms. The van der Waals surface area contributed by atoms with Gasteiger partial charge in [-0.05, 0) is 42.8 Å². The van der Waals surface area contributed by atoms with E-state index in [0.717, 1.165) is 22.3 Å². The number of aromatic amines is 1. The summed E-state index contributed by atoms with van der Waals surface area (Å²) < 4.78 is 5.69. The van der Waals surface area contributed by atoms with Crippen LogP contribution in [-0.4, -0.2) is 9.97 Å². The van der Waals surface area contributed by atoms with Gasteiger partial charge in [-0.3, -0.25) is 0 Å². The number of nitrogens with one attached hydrogen (secondary N) is 1. The molecule has 0 unspecified atom stereocenters. The number of benzene rings is 1. The predicted octanol–water partition coefficient (Wildman–Crippen LogP) is 5.13. The molecule has 3 rings (SSSR count). The SMILES string of the molecule is CC.Cc1ccc(OCc2ccc3cc[nH]c3n2)c(Cl)c1. The number of hydrogen-bond donors (Lipinski definition) is 1. The average Bonchev–Trinajstić information content (AvgIpc) is 2.96. The molecule has 2 heterocycles. The zero-order chi connectivity index (χ0) is 15.2. The minimum absolute atomic E-state index is 0.401. The van der Waals surface area contributed by atoms with Crippen LogP contribution in [0, 0.1) is 6.92 Å². The zero-order valence-corrected chi connectivity index (χ0v) is 13.2. The van der Waals surface area contributed by atoms with Gasteiger partial charge in [0.25, 0.3) is 0 Å². The summed E-state index contributed by atoms with van der Waals surface area (Å²) in [5, 5.41) is 1.72. The van der Waals surface area contributed by atoms with Crippen molar-refractivity contribution in [2.24, 2.45) is 0 Å². The van der Waals surface area contributed by atoms with Crippen molar-refractivity contribution in [2.75, 3.05) is 0 Å². The van der Waals surface area contributed by atoms with E-state index in [1.807, 2.05) is 63.4 Å². The molecule has 21 heavy (non-hydrogen) atoms. The maximum absolute atomic E-state index is 6.12. The van der Waals surface area contributed by atoms with Crippen molar-refractivity contribution in [2.45, 2.75) is 27.4 Å². The maximum Gasteiger partial charge on any atom is 0.138 e. The standard InChI is InChI=1S/C15H13ClN2O.C2H6/c1-10-2-5-14(13(16)8-10)19-9-12-4-3-11-6-7-17-15(11)18-12;1-2/h2-8H,9H2,1H3,(H,17,18);1-2H3. The van der Waals surface area contributed by atoms with Gasteiger partial charge in [0.05, 0.1) is 10.7 Å². The van der Waals surface area contributed by atoms with E-state index in [2.05, 4.69) is 9.97 Å². The van der Waals surface area contributed by atoms with E-state index in [-0.39, 0.29) is 0 Å². The molecule has 0 aliphatic heterocycles. The van der Waals surface area contributed by atoms with E-state index in [1.54, 1.807) is 0 Å². The number of halogens is 1. The van der Waals surface area contributed by atoms with E-state index in [0.29, 0.717) is 17.4 Å². The van der Waals surface area contributed by atoms with Crippen LogP contribution in [0.5, 0.6) is 5.75 Å². The second kappa shape index (κ2) is 7.14. The van der Waals surface area contributed by atoms with Gasteiger partial charge in [-0.1, -0.05) is 31.5 Å². The third-order valence-electron chi connectivity index (χ3n) is 2.93. The zero-order valence-electron chi connectivity index (χ0n) is 12.5. The molecule has 0 amide bonds. The van der Waals surface area contributed by atoms with Crippen molar-refractivity contribution in [3.8, 4) is 5.75 Å². The first-order valence-electron chi connectivity index (χ1n) is 7.04. The van der Waals surface area contributed by atoms with Crippen molar-refractivity contribution in [3.05, 3.63) is 58.9 Å². The quantitative estimate of drug-likeness (QED) is 0.728. The van der Waals surface area contributed by atoms with Crippen LogP contribution in [0.1, 0.15) is 25.1 Å². The lowest BCUT2D eigenvalue weighted by molar-refractivity contribution is 0.302. The van der Waals surface area contributed by atoms with Crippen LogP contribution in [0.3, 0.4) is 0 Å². The molecule has 2 aromatic heterocycles. The first-order chi connectivity index (χ1) is 10.2. The lowest BCUT2D eigenvalue weighted by atomic mass is 10.2. The monoisotopic (exact) mass is 302 g/mol. The molecule has 110 valence electrons. The number of aromatic nitrogens is 2. The van der Waals surface area contributed by atoms with Crippen LogP contribution in [0.25, 0.3) is 11.0 Å². The van der Waals surface area contributed by atoms with Gasteiger partial charge >= 0.3 is 0 Å². The minimum atomic E-state index is 0.401. The molecule has 0 aliphatic rings. The first-order valence-corrected chi connectivity index (χ1v) is 7.42. The molecular formula is C17H19ClN2O. The van der Waals surface area contributed by atoms with Crippen molar-refractivity contribution < 1.29 is 4.74 Å². The van der Waals surface area contributed by atoms with E-state index in [9.17, 15) is 0 Å². The second-order valence-corrected chi connectivity index (χ2v) is 4.85. The molecule has 1 N–H and O–H groups in total. The highest BCUT2D eigenvalue weighted by Crippen LogP contribution is 2.25. The summed E-state index contributed by atoms with van der Waals surface area (Å²) >= 11 is 6.12. The van der Waals surface area contributed by atoms with Crippen LogP contribution >= 0.6 is 11.6 Å². The summed E-state index contributed by atoms with van der Waals surface area (Å²) in [7, 11) is 0. The van der Waals surface area contributed by atoms with Crippen LogP contribution in [0.15, 0.2) is 42.6 Å². The summed E-state index contributed by atoms with van der Waals surface area (Å²) in [6, 6.07) is 11.7. The summed E-state index contributed by atoms with van der Waals surface area (Å²) in [5.74, 6) is 0.681. The van der Waals surface area contributed by atoms with E-state index in [4.69, 9.17) is 16.3 Å². The number of aryl methyl sites for hydroxylation is 1. The Bertz CT molecular complexity index is 722. The van der Waals surface area contributed by atoms with Gasteiger partial charge in [-0.25, -0.2) is 4.98 Å². The van der Waals surface area contributed by atoms with Gasteiger partial charge in [-0.15, -0.1) is 0 Å². The Balaban J connectivity index is 0.000000774. The molecule has 0 fully saturated rings. The molecule has 0 saturated heterocycles. The fourth-order valence-electron chi connectivity index (χ4n) is 1.93. The molecule has 0 radical (unpaired) electrons. The third-order valence-corrected chi connectivity index (χ3v) is 3.23. The maximum atomic E-state index is 6.12. The van der Waals surface area contributed by atoms with Crippen molar-refractivity contribution in [1.29, 1.82) is 0 Å². The molecular weight excluding hydrogens is 284 g/mol. The van der Waals surface area contributed by atoms with Crippen molar-refractivity contribution >= 4 is 22.6 Å². The van der Waals surface area contributed by atoms with E-state index < -0.39 is 0 Å². The first kappa shape index (κ1) is 15.4. The molecule has 4 heteroatoms. The van der Waals surface area contributed by atoms with Crippen LogP contribution in [0.2, 0.25) is 5.02 Å². The normalized spacial score (nSPS) is 10.1. The van der Waals surface area contributed by atoms with Crippen LogP contribution in [0.4, 0.5) is 0 Å². The molecule has 0 aliphatic carbocycles. The van der Waals surface area contributed by atoms with Gasteiger partial charge < -0.3 is 9.72 Å². The fourth-order valence-corrected chi connectivity index (χ4v) is 2.22. The van der Waals surface area contributed by atoms with Crippen molar-refractivity contribution in [3.63, 3.8) is 0 Å². The number of pyridine rings is 1. The van der Waals surface area contributed by atoms with Crippen LogP contribution < -0.4 is 4.74 Å². The molecule has 3 nitrogen and oxygen atoms in total. The molecule has 0 atom stereocenters. The highest BCUT2D eigenvalue weighted by molar-refractivity contribution is 6.32. The largest absolute Gasteiger partial charge is 0.486 e. The Morgan fingerprint density at radius 3 is 2.71 bits per heavy atom. The van der Waals surface area contributed by atoms with Crippen LogP contribution in [-0.2, 0) is 6.61 Å². The number of fused-ring (bicyclic) bond motifs is 1. The second-order valence-electron chi connectivity index (χ2n) is 4.44. The smallest absolute Gasteiger partial charge is 0.138 e. The van der Waals surface area contributed by atoms with Gasteiger partial charge in [0, 0.05) is 11.6 Å². The summed E-state index contributed by atoms with van der Waals surface area (Å²) in [4.78, 5) is 7.56. The van der Waals surface area contributed by atoms with Gasteiger partial charge in [0.2, 0.25) is 0 Å². The average molecular weight is 303 g/mol. The number of ether oxygens (including phenoxy) is 1. The molecule has 0 saturated carbocycles. The highest BCUT2D eigenvalue weighted by atomic mass is 35.5. The minimum Gasteiger partial charge on any atom is -0.486 e. The number of nitrogens with zero attached hydrogens (tertiary/aromatic N) is 1. The lowest BCUT2D eigenvalue weighted by Gasteiger charge is -2.08. The Kier molecular flexibility index (Phi) is 5.23. The number of H-pyrrole nitrogens is 1. The molecule has 3 aromatic rings. The molecule has 0 bridgehead atoms. The van der Waals surface area contributed by atoms with E-state index in [1.165, 1.54) is 0 Å². The topological polar surface area (TPSA) is 37.9 Å². The Hall–Kier alpha value is -2.00. The van der Waals surface area contributed by atoms with Gasteiger partial charge in [-0.2, -0.15) is 0 Å². The Morgan fingerprint density at radius 1 is 1.14 bits per heavy atom. The van der Waals surface area contributed by atoms with Gasteiger partial charge in [0.1, 0.15) is 18.0 Å². The Labute approximate surface area is 129 Å². The Morgan fingerprint density at radius 2 is 1.95 bits per heavy atom. The number of hydrogen-bond acceptors (Lipinski definition) is 2. The van der Waals surface area contributed by atoms with Gasteiger partial charge in [0.15, 0.2) is 0 Å². The predicted molar refractivity (Wildman–Crippen MR) is 88.0 cm³/mol.